The van der Waals surface area contributed by atoms with Crippen molar-refractivity contribution in [1.82, 2.24) is 0 Å². The van der Waals surface area contributed by atoms with Crippen molar-refractivity contribution in [2.24, 2.45) is 0 Å². The monoisotopic (exact) mass is 1140 g/mol. The minimum Gasteiger partial charge on any atom is -0.462 e. The molecule has 0 radical (unpaired) electrons. The van der Waals surface area contributed by atoms with Gasteiger partial charge in [-0.2, -0.15) is 0 Å². The summed E-state index contributed by atoms with van der Waals surface area (Å²) in [6, 6.07) is 0. The lowest BCUT2D eigenvalue weighted by molar-refractivity contribution is -0.167. The van der Waals surface area contributed by atoms with E-state index in [-0.39, 0.29) is 31.1 Å². The Labute approximate surface area is 508 Å². The van der Waals surface area contributed by atoms with Gasteiger partial charge in [-0.25, -0.2) is 0 Å². The van der Waals surface area contributed by atoms with Crippen LogP contribution in [-0.4, -0.2) is 37.2 Å². The van der Waals surface area contributed by atoms with Crippen LogP contribution in [0.4, 0.5) is 0 Å². The highest BCUT2D eigenvalue weighted by molar-refractivity contribution is 5.71. The topological polar surface area (TPSA) is 78.9 Å². The molecule has 0 fully saturated rings. The maximum Gasteiger partial charge on any atom is 0.306 e. The van der Waals surface area contributed by atoms with Gasteiger partial charge in [0.1, 0.15) is 13.2 Å². The summed E-state index contributed by atoms with van der Waals surface area (Å²) in [6.07, 6.45) is 95.3. The van der Waals surface area contributed by atoms with Crippen LogP contribution >= 0.6 is 0 Å². The van der Waals surface area contributed by atoms with Gasteiger partial charge in [-0.05, 0) is 109 Å². The van der Waals surface area contributed by atoms with Gasteiger partial charge >= 0.3 is 17.9 Å². The van der Waals surface area contributed by atoms with Crippen LogP contribution in [0.25, 0.3) is 0 Å². The summed E-state index contributed by atoms with van der Waals surface area (Å²) in [6.45, 7) is 6.54. The van der Waals surface area contributed by atoms with E-state index in [1.807, 2.05) is 0 Å². The molecule has 82 heavy (non-hydrogen) atoms. The number of esters is 3. The predicted octanol–water partition coefficient (Wildman–Crippen LogP) is 24.2. The fraction of sp³-hybridized carbons (Fsp3) is 0.724. The Morgan fingerprint density at radius 3 is 0.756 bits per heavy atom. The van der Waals surface area contributed by atoms with Crippen molar-refractivity contribution in [2.75, 3.05) is 13.2 Å². The zero-order valence-corrected chi connectivity index (χ0v) is 54.0. The molecule has 0 aliphatic rings. The molecular weight excluding hydrogens is 1010 g/mol. The van der Waals surface area contributed by atoms with Crippen molar-refractivity contribution in [3.8, 4) is 0 Å². The van der Waals surface area contributed by atoms with E-state index in [2.05, 4.69) is 130 Å². The summed E-state index contributed by atoms with van der Waals surface area (Å²) in [5, 5.41) is 0. The molecule has 0 rings (SSSR count). The summed E-state index contributed by atoms with van der Waals surface area (Å²) in [4.78, 5) is 38.4. The number of ether oxygens (including phenoxy) is 3. The molecular formula is C76H130O6. The Bertz CT molecular complexity index is 1640. The normalized spacial score (nSPS) is 12.8. The number of allylic oxidation sites excluding steroid dienone is 18. The Kier molecular flexibility index (Phi) is 66.2. The number of rotatable bonds is 63. The second kappa shape index (κ2) is 69.6. The van der Waals surface area contributed by atoms with Crippen molar-refractivity contribution in [1.29, 1.82) is 0 Å². The fourth-order valence-electron chi connectivity index (χ4n) is 9.81. The molecule has 0 N–H and O–H groups in total. The Morgan fingerprint density at radius 2 is 0.476 bits per heavy atom. The van der Waals surface area contributed by atoms with Crippen LogP contribution in [0.2, 0.25) is 0 Å². The molecule has 0 bridgehead atoms. The number of hydrogen-bond donors (Lipinski definition) is 0. The van der Waals surface area contributed by atoms with E-state index in [0.29, 0.717) is 19.3 Å². The van der Waals surface area contributed by atoms with Crippen LogP contribution < -0.4 is 0 Å². The Hall–Kier alpha value is -3.93. The Morgan fingerprint density at radius 1 is 0.256 bits per heavy atom. The van der Waals surface area contributed by atoms with Crippen molar-refractivity contribution in [2.45, 2.75) is 341 Å². The third-order valence-electron chi connectivity index (χ3n) is 15.0. The summed E-state index contributed by atoms with van der Waals surface area (Å²) in [5.74, 6) is -0.898. The van der Waals surface area contributed by atoms with Gasteiger partial charge in [0.2, 0.25) is 0 Å². The molecule has 0 aliphatic heterocycles. The third kappa shape index (κ3) is 66.9. The zero-order chi connectivity index (χ0) is 59.2. The van der Waals surface area contributed by atoms with Crippen molar-refractivity contribution < 1.29 is 28.6 Å². The summed E-state index contributed by atoms with van der Waals surface area (Å²) >= 11 is 0. The van der Waals surface area contributed by atoms with Crippen LogP contribution in [-0.2, 0) is 28.6 Å². The molecule has 470 valence electrons. The van der Waals surface area contributed by atoms with Crippen LogP contribution in [0.15, 0.2) is 109 Å². The van der Waals surface area contributed by atoms with E-state index in [0.717, 1.165) is 122 Å². The van der Waals surface area contributed by atoms with Crippen LogP contribution in [0.1, 0.15) is 335 Å². The van der Waals surface area contributed by atoms with Crippen molar-refractivity contribution in [3.63, 3.8) is 0 Å². The van der Waals surface area contributed by atoms with Gasteiger partial charge in [0.05, 0.1) is 0 Å². The van der Waals surface area contributed by atoms with Crippen LogP contribution in [0, 0.1) is 0 Å². The molecule has 0 aromatic carbocycles. The van der Waals surface area contributed by atoms with E-state index in [4.69, 9.17) is 14.2 Å². The molecule has 6 heteroatoms. The molecule has 0 saturated carbocycles. The van der Waals surface area contributed by atoms with Gasteiger partial charge in [-0.15, -0.1) is 0 Å². The maximum atomic E-state index is 12.9. The first-order valence-corrected chi connectivity index (χ1v) is 34.9. The number of hydrogen-bond acceptors (Lipinski definition) is 6. The zero-order valence-electron chi connectivity index (χ0n) is 54.0. The van der Waals surface area contributed by atoms with Gasteiger partial charge in [0.15, 0.2) is 6.10 Å². The van der Waals surface area contributed by atoms with Crippen molar-refractivity contribution in [3.05, 3.63) is 109 Å². The molecule has 0 spiro atoms. The summed E-state index contributed by atoms with van der Waals surface area (Å²) in [7, 11) is 0. The van der Waals surface area contributed by atoms with Crippen LogP contribution in [0.5, 0.6) is 0 Å². The van der Waals surface area contributed by atoms with Gasteiger partial charge in [-0.3, -0.25) is 14.4 Å². The van der Waals surface area contributed by atoms with Gasteiger partial charge in [-0.1, -0.05) is 316 Å². The largest absolute Gasteiger partial charge is 0.462 e. The fourth-order valence-corrected chi connectivity index (χ4v) is 9.81. The molecule has 6 nitrogen and oxygen atoms in total. The lowest BCUT2D eigenvalue weighted by atomic mass is 10.0. The smallest absolute Gasteiger partial charge is 0.306 e. The second-order valence-electron chi connectivity index (χ2n) is 23.1. The van der Waals surface area contributed by atoms with E-state index in [9.17, 15) is 14.4 Å². The van der Waals surface area contributed by atoms with Crippen molar-refractivity contribution >= 4 is 17.9 Å². The average Bonchev–Trinajstić information content (AvgIpc) is 3.47. The molecule has 0 amide bonds. The first-order valence-electron chi connectivity index (χ1n) is 34.9. The molecule has 0 aliphatic carbocycles. The molecule has 1 atom stereocenters. The molecule has 1 unspecified atom stereocenters. The highest BCUT2D eigenvalue weighted by Crippen LogP contribution is 2.17. The quantitative estimate of drug-likeness (QED) is 0.0261. The van der Waals surface area contributed by atoms with E-state index < -0.39 is 6.10 Å². The lowest BCUT2D eigenvalue weighted by Crippen LogP contribution is -2.30. The lowest BCUT2D eigenvalue weighted by Gasteiger charge is -2.18. The van der Waals surface area contributed by atoms with E-state index in [1.165, 1.54) is 173 Å². The molecule has 0 aromatic heterocycles. The third-order valence-corrected chi connectivity index (χ3v) is 15.0. The Balaban J connectivity index is 4.40. The molecule has 0 aromatic rings. The van der Waals surface area contributed by atoms with Gasteiger partial charge in [0, 0.05) is 19.3 Å². The number of carbonyl (C=O) groups excluding carboxylic acids is 3. The van der Waals surface area contributed by atoms with Gasteiger partial charge in [0.25, 0.3) is 0 Å². The first-order chi connectivity index (χ1) is 40.5. The average molecular weight is 1140 g/mol. The molecule has 0 heterocycles. The summed E-state index contributed by atoms with van der Waals surface area (Å²) < 4.78 is 17.0. The minimum absolute atomic E-state index is 0.0843. The highest BCUT2D eigenvalue weighted by atomic mass is 16.6. The molecule has 0 saturated heterocycles. The van der Waals surface area contributed by atoms with Crippen LogP contribution in [0.3, 0.4) is 0 Å². The van der Waals surface area contributed by atoms with E-state index in [1.54, 1.807) is 0 Å². The predicted molar refractivity (Wildman–Crippen MR) is 357 cm³/mol. The minimum atomic E-state index is -0.791. The second-order valence-corrected chi connectivity index (χ2v) is 23.1. The SMILES string of the molecule is CC/C=C\C/C=C\C/C=C\C/C=C\C/C=C\C/C=C\C/C=C\C/C=C\CCCCCCC(=O)OCC(COC(=O)CCCCCCCCCCCCCCCCCC)OC(=O)CCCCCCCCCCC/C=C\CCCCCCCC. The van der Waals surface area contributed by atoms with E-state index >= 15 is 0 Å². The standard InChI is InChI=1S/C76H130O6/c1-4-7-10-13-16-19-22-25-28-31-33-34-35-36-37-38-39-40-41-42-44-45-48-51-54-57-60-63-66-69-75(78)81-72-73(71-80-74(77)68-65-62-59-56-53-50-47-30-27-24-21-18-15-12-9-6-3)82-76(79)70-67-64-61-58-55-52-49-46-43-32-29-26-23-20-17-14-11-8-5-2/h7,10,16,19,25-26,28-29,33-34,36-37,39-40,42,44,48,51,73H,4-6,8-9,11-15,17-18,20-24,27,30-32,35,38,41,43,45-47,49-50,52-72H2,1-3H3/b10-7-,19-16-,28-25-,29-26-,34-33-,37-36-,40-39-,44-42-,51-48-. The summed E-state index contributed by atoms with van der Waals surface area (Å²) in [5.41, 5.74) is 0. The number of carbonyl (C=O) groups is 3. The number of unbranched alkanes of at least 4 members (excludes halogenated alkanes) is 34. The van der Waals surface area contributed by atoms with Gasteiger partial charge < -0.3 is 14.2 Å². The highest BCUT2D eigenvalue weighted by Gasteiger charge is 2.19. The maximum absolute atomic E-state index is 12.9. The first kappa shape index (κ1) is 78.1.